The lowest BCUT2D eigenvalue weighted by Gasteiger charge is -2.23. The number of allylic oxidation sites excluding steroid dienone is 3. The van der Waals surface area contributed by atoms with Crippen LogP contribution in [0.2, 0.25) is 0 Å². The third-order valence-electron chi connectivity index (χ3n) is 8.29. The van der Waals surface area contributed by atoms with Crippen LogP contribution in [0.15, 0.2) is 84.5 Å². The van der Waals surface area contributed by atoms with Crippen molar-refractivity contribution in [3.8, 4) is 5.75 Å². The van der Waals surface area contributed by atoms with Gasteiger partial charge < -0.3 is 4.74 Å². The van der Waals surface area contributed by atoms with Crippen molar-refractivity contribution in [2.45, 2.75) is 27.7 Å². The van der Waals surface area contributed by atoms with E-state index in [-0.39, 0.29) is 29.4 Å². The van der Waals surface area contributed by atoms with E-state index in [1.54, 1.807) is 18.2 Å². The van der Waals surface area contributed by atoms with Crippen LogP contribution in [0.4, 0.5) is 5.69 Å². The van der Waals surface area contributed by atoms with E-state index in [9.17, 15) is 14.4 Å². The summed E-state index contributed by atoms with van der Waals surface area (Å²) in [7, 11) is 0. The first kappa shape index (κ1) is 25.1. The summed E-state index contributed by atoms with van der Waals surface area (Å²) in [5, 5.41) is 0. The molecule has 1 aliphatic heterocycles. The van der Waals surface area contributed by atoms with E-state index in [0.717, 1.165) is 22.3 Å². The fraction of sp³-hybridized carbons (Fsp3) is 0.265. The van der Waals surface area contributed by atoms with Gasteiger partial charge in [0, 0.05) is 17.4 Å². The number of hydrogen-bond donors (Lipinski definition) is 0. The van der Waals surface area contributed by atoms with Gasteiger partial charge in [0.15, 0.2) is 5.78 Å². The number of aryl methyl sites for hydroxylation is 2. The van der Waals surface area contributed by atoms with Crippen LogP contribution in [-0.2, 0) is 9.59 Å². The van der Waals surface area contributed by atoms with Crippen LogP contribution < -0.4 is 9.64 Å². The molecule has 0 spiro atoms. The molecule has 3 aliphatic rings. The van der Waals surface area contributed by atoms with Gasteiger partial charge in [-0.25, -0.2) is 4.90 Å². The van der Waals surface area contributed by atoms with Gasteiger partial charge in [-0.05, 0) is 68.2 Å². The second-order valence-electron chi connectivity index (χ2n) is 10.7. The van der Waals surface area contributed by atoms with Crippen molar-refractivity contribution in [2.75, 3.05) is 11.5 Å². The van der Waals surface area contributed by atoms with E-state index < -0.39 is 11.8 Å². The molecule has 5 nitrogen and oxygen atoms in total. The minimum absolute atomic E-state index is 0.133. The van der Waals surface area contributed by atoms with Gasteiger partial charge in [-0.3, -0.25) is 14.4 Å². The Hall–Kier alpha value is -4.25. The molecule has 4 atom stereocenters. The number of ether oxygens (including phenoxy) is 1. The number of anilines is 1. The highest BCUT2D eigenvalue weighted by atomic mass is 16.5. The Balaban J connectivity index is 1.47. The number of Topliss-reactive ketones (excluding diaryl/α,β-unsaturated/α-hetero) is 1. The van der Waals surface area contributed by atoms with E-state index >= 15 is 0 Å². The molecule has 3 aromatic rings. The van der Waals surface area contributed by atoms with Gasteiger partial charge in [-0.2, -0.15) is 0 Å². The van der Waals surface area contributed by atoms with Crippen LogP contribution >= 0.6 is 0 Å². The highest BCUT2D eigenvalue weighted by Crippen LogP contribution is 2.59. The summed E-state index contributed by atoms with van der Waals surface area (Å²) < 4.78 is 5.78. The van der Waals surface area contributed by atoms with Crippen molar-refractivity contribution in [2.24, 2.45) is 23.7 Å². The standard InChI is InChI=1S/C34H31NO4/c1-5-39-28-17-14-24(21(4)36)18-27(28)35-33(37)31-25-15-16-26(32(31)34(35)38)30(25)29(22-10-6-19(2)7-11-22)23-12-8-20(3)9-13-23/h6-18,25-26,31-32H,5H2,1-4H3/t25-,26-,31+,32+/m0/s1. The lowest BCUT2D eigenvalue weighted by molar-refractivity contribution is -0.123. The molecule has 1 saturated heterocycles. The largest absolute Gasteiger partial charge is 0.492 e. The van der Waals surface area contributed by atoms with E-state index in [1.807, 2.05) is 6.92 Å². The fourth-order valence-electron chi connectivity index (χ4n) is 6.46. The van der Waals surface area contributed by atoms with Gasteiger partial charge in [0.2, 0.25) is 11.8 Å². The number of amides is 2. The van der Waals surface area contributed by atoms with Crippen molar-refractivity contribution in [3.05, 3.63) is 112 Å². The molecule has 0 aromatic heterocycles. The molecule has 6 rings (SSSR count). The molecule has 39 heavy (non-hydrogen) atoms. The molecule has 196 valence electrons. The first-order valence-electron chi connectivity index (χ1n) is 13.5. The van der Waals surface area contributed by atoms with Gasteiger partial charge in [-0.1, -0.05) is 71.8 Å². The SMILES string of the molecule is CCOc1ccc(C(C)=O)cc1N1C(=O)[C@H]2[C@H](C1=O)[C@H]1C=C[C@H]2C1=C(c1ccc(C)cc1)c1ccc(C)cc1. The second-order valence-corrected chi connectivity index (χ2v) is 10.7. The molecule has 0 N–H and O–H groups in total. The maximum Gasteiger partial charge on any atom is 0.238 e. The van der Waals surface area contributed by atoms with Gasteiger partial charge >= 0.3 is 0 Å². The number of fused-ring (bicyclic) bond motifs is 5. The van der Waals surface area contributed by atoms with Crippen LogP contribution in [0, 0.1) is 37.5 Å². The third kappa shape index (κ3) is 3.95. The summed E-state index contributed by atoms with van der Waals surface area (Å²) in [5.41, 5.74) is 7.56. The Kier molecular flexibility index (Phi) is 6.10. The third-order valence-corrected chi connectivity index (χ3v) is 8.29. The first-order valence-corrected chi connectivity index (χ1v) is 13.5. The van der Waals surface area contributed by atoms with Crippen molar-refractivity contribution in [3.63, 3.8) is 0 Å². The number of carbonyl (C=O) groups is 3. The number of nitrogens with zero attached hydrogens (tertiary/aromatic N) is 1. The Morgan fingerprint density at radius 3 is 1.72 bits per heavy atom. The van der Waals surface area contributed by atoms with Crippen molar-refractivity contribution in [1.29, 1.82) is 0 Å². The lowest BCUT2D eigenvalue weighted by Crippen LogP contribution is -2.34. The second kappa shape index (κ2) is 9.49. The molecule has 0 radical (unpaired) electrons. The number of hydrogen-bond acceptors (Lipinski definition) is 4. The molecule has 1 saturated carbocycles. The number of carbonyl (C=O) groups excluding carboxylic acids is 3. The summed E-state index contributed by atoms with van der Waals surface area (Å²) in [5.74, 6) is -1.48. The van der Waals surface area contributed by atoms with Gasteiger partial charge in [-0.15, -0.1) is 0 Å². The quantitative estimate of drug-likeness (QED) is 0.218. The molecule has 1 heterocycles. The average Bonchev–Trinajstić information content (AvgIpc) is 3.56. The number of benzene rings is 3. The highest BCUT2D eigenvalue weighted by Gasteiger charge is 2.62. The maximum absolute atomic E-state index is 14.1. The number of ketones is 1. The van der Waals surface area contributed by atoms with Gasteiger partial charge in [0.25, 0.3) is 0 Å². The number of rotatable bonds is 6. The lowest BCUT2D eigenvalue weighted by atomic mass is 9.85. The van der Waals surface area contributed by atoms with Crippen LogP contribution in [0.3, 0.4) is 0 Å². The zero-order chi connectivity index (χ0) is 27.4. The molecule has 5 heteroatoms. The van der Waals surface area contributed by atoms with Crippen LogP contribution in [0.1, 0.15) is 46.5 Å². The van der Waals surface area contributed by atoms with E-state index in [0.29, 0.717) is 23.6 Å². The van der Waals surface area contributed by atoms with E-state index in [2.05, 4.69) is 74.5 Å². The summed E-state index contributed by atoms with van der Waals surface area (Å²) in [4.78, 5) is 41.5. The van der Waals surface area contributed by atoms with E-state index in [1.165, 1.54) is 23.0 Å². The molecule has 2 aliphatic carbocycles. The molecule has 3 aromatic carbocycles. The molecule has 2 fully saturated rings. The average molecular weight is 518 g/mol. The Bertz CT molecular complexity index is 1480. The predicted octanol–water partition coefficient (Wildman–Crippen LogP) is 6.33. The molecular weight excluding hydrogens is 486 g/mol. The maximum atomic E-state index is 14.1. The minimum Gasteiger partial charge on any atom is -0.492 e. The van der Waals surface area contributed by atoms with E-state index in [4.69, 9.17) is 4.74 Å². The monoisotopic (exact) mass is 517 g/mol. The fourth-order valence-corrected chi connectivity index (χ4v) is 6.46. The van der Waals surface area contributed by atoms with Gasteiger partial charge in [0.1, 0.15) is 5.75 Å². The Morgan fingerprint density at radius 1 is 0.769 bits per heavy atom. The Morgan fingerprint density at radius 2 is 1.26 bits per heavy atom. The van der Waals surface area contributed by atoms with Crippen molar-refractivity contribution in [1.82, 2.24) is 0 Å². The van der Waals surface area contributed by atoms with Crippen LogP contribution in [0.25, 0.3) is 5.57 Å². The summed E-state index contributed by atoms with van der Waals surface area (Å²) >= 11 is 0. The van der Waals surface area contributed by atoms with Crippen molar-refractivity contribution < 1.29 is 19.1 Å². The summed E-state index contributed by atoms with van der Waals surface area (Å²) in [6.45, 7) is 7.84. The normalized spacial score (nSPS) is 23.0. The first-order chi connectivity index (χ1) is 18.8. The van der Waals surface area contributed by atoms with Crippen molar-refractivity contribution >= 4 is 28.9 Å². The molecule has 0 unspecified atom stereocenters. The molecule has 2 bridgehead atoms. The highest BCUT2D eigenvalue weighted by molar-refractivity contribution is 6.24. The summed E-state index contributed by atoms with van der Waals surface area (Å²) in [6.07, 6.45) is 4.21. The summed E-state index contributed by atoms with van der Waals surface area (Å²) in [6, 6.07) is 21.9. The predicted molar refractivity (Wildman–Crippen MR) is 152 cm³/mol. The minimum atomic E-state index is -0.483. The van der Waals surface area contributed by atoms with Crippen LogP contribution in [-0.4, -0.2) is 24.2 Å². The van der Waals surface area contributed by atoms with Crippen LogP contribution in [0.5, 0.6) is 5.75 Å². The molecule has 2 amide bonds. The number of imide groups is 1. The Labute approximate surface area is 228 Å². The molecular formula is C34H31NO4. The topological polar surface area (TPSA) is 63.7 Å². The zero-order valence-corrected chi connectivity index (χ0v) is 22.6. The van der Waals surface area contributed by atoms with Gasteiger partial charge in [0.05, 0.1) is 24.1 Å². The zero-order valence-electron chi connectivity index (χ0n) is 22.6. The smallest absolute Gasteiger partial charge is 0.238 e.